The van der Waals surface area contributed by atoms with Gasteiger partial charge in [0.1, 0.15) is 0 Å². The van der Waals surface area contributed by atoms with E-state index in [-0.39, 0.29) is 11.9 Å². The second-order valence-electron chi connectivity index (χ2n) is 6.32. The van der Waals surface area contributed by atoms with Crippen molar-refractivity contribution in [1.29, 1.82) is 0 Å². The number of hydrogen-bond acceptors (Lipinski definition) is 3. The Morgan fingerprint density at radius 3 is 2.36 bits per heavy atom. The lowest BCUT2D eigenvalue weighted by molar-refractivity contribution is 0.0520. The molecule has 1 aliphatic rings. The SMILES string of the molecule is CCOC(=O)c1[nH]nc(C2Cc3ccccc3C2)c1-c1ccccc1. The van der Waals surface area contributed by atoms with E-state index in [0.717, 1.165) is 29.7 Å². The predicted molar refractivity (Wildman–Crippen MR) is 96.6 cm³/mol. The van der Waals surface area contributed by atoms with Crippen molar-refractivity contribution in [3.05, 3.63) is 77.1 Å². The van der Waals surface area contributed by atoms with Gasteiger partial charge in [-0.3, -0.25) is 5.10 Å². The molecule has 0 saturated carbocycles. The Kier molecular flexibility index (Phi) is 4.10. The quantitative estimate of drug-likeness (QED) is 0.731. The number of fused-ring (bicyclic) bond motifs is 1. The van der Waals surface area contributed by atoms with Crippen molar-refractivity contribution in [2.24, 2.45) is 0 Å². The Morgan fingerprint density at radius 1 is 1.08 bits per heavy atom. The van der Waals surface area contributed by atoms with Gasteiger partial charge in [-0.1, -0.05) is 54.6 Å². The second-order valence-corrected chi connectivity index (χ2v) is 6.32. The van der Waals surface area contributed by atoms with E-state index in [2.05, 4.69) is 34.5 Å². The summed E-state index contributed by atoms with van der Waals surface area (Å²) < 4.78 is 5.22. The minimum absolute atomic E-state index is 0.270. The van der Waals surface area contributed by atoms with Gasteiger partial charge in [0.2, 0.25) is 0 Å². The molecule has 4 nitrogen and oxygen atoms in total. The van der Waals surface area contributed by atoms with E-state index in [1.54, 1.807) is 0 Å². The number of hydrogen-bond donors (Lipinski definition) is 1. The van der Waals surface area contributed by atoms with E-state index >= 15 is 0 Å². The van der Waals surface area contributed by atoms with Gasteiger partial charge in [-0.2, -0.15) is 5.10 Å². The van der Waals surface area contributed by atoms with Gasteiger partial charge in [0.25, 0.3) is 0 Å². The Hall–Kier alpha value is -2.88. The molecule has 2 aromatic carbocycles. The maximum Gasteiger partial charge on any atom is 0.356 e. The van der Waals surface area contributed by atoms with Crippen molar-refractivity contribution in [1.82, 2.24) is 10.2 Å². The molecule has 0 fully saturated rings. The zero-order chi connectivity index (χ0) is 17.2. The van der Waals surface area contributed by atoms with Crippen LogP contribution in [0.15, 0.2) is 54.6 Å². The molecular formula is C21H20N2O2. The summed E-state index contributed by atoms with van der Waals surface area (Å²) in [5, 5.41) is 7.47. The standard InChI is InChI=1S/C21H20N2O2/c1-2-25-21(24)20-18(14-8-4-3-5-9-14)19(22-23-20)17-12-15-10-6-7-11-16(15)13-17/h3-11,17H,2,12-13H2,1H3,(H,22,23). The number of carbonyl (C=O) groups excluding carboxylic acids is 1. The number of H-pyrrole nitrogens is 1. The molecular weight excluding hydrogens is 312 g/mol. The lowest BCUT2D eigenvalue weighted by Crippen LogP contribution is -2.07. The molecule has 0 spiro atoms. The molecule has 0 amide bonds. The number of nitrogens with zero attached hydrogens (tertiary/aromatic N) is 1. The molecule has 1 aromatic heterocycles. The first kappa shape index (κ1) is 15.6. The zero-order valence-electron chi connectivity index (χ0n) is 14.2. The van der Waals surface area contributed by atoms with Crippen molar-refractivity contribution < 1.29 is 9.53 Å². The number of carbonyl (C=O) groups is 1. The molecule has 1 aliphatic carbocycles. The molecule has 0 saturated heterocycles. The summed E-state index contributed by atoms with van der Waals surface area (Å²) in [7, 11) is 0. The molecule has 0 bridgehead atoms. The van der Waals surface area contributed by atoms with Crippen LogP contribution in [0.3, 0.4) is 0 Å². The summed E-state index contributed by atoms with van der Waals surface area (Å²) in [5.41, 5.74) is 5.99. The largest absolute Gasteiger partial charge is 0.461 e. The fourth-order valence-electron chi connectivity index (χ4n) is 3.65. The first-order chi connectivity index (χ1) is 12.3. The monoisotopic (exact) mass is 332 g/mol. The number of nitrogens with one attached hydrogen (secondary N) is 1. The minimum atomic E-state index is -0.351. The first-order valence-electron chi connectivity index (χ1n) is 8.65. The van der Waals surface area contributed by atoms with E-state index in [9.17, 15) is 4.79 Å². The summed E-state index contributed by atoms with van der Waals surface area (Å²) in [6.07, 6.45) is 1.90. The number of aromatic amines is 1. The molecule has 0 unspecified atom stereocenters. The summed E-state index contributed by atoms with van der Waals surface area (Å²) in [5.74, 6) is -0.0809. The van der Waals surface area contributed by atoms with Crippen LogP contribution in [-0.2, 0) is 17.6 Å². The van der Waals surface area contributed by atoms with Crippen molar-refractivity contribution in [2.45, 2.75) is 25.7 Å². The molecule has 0 atom stereocenters. The highest BCUT2D eigenvalue weighted by molar-refractivity contribution is 5.96. The van der Waals surface area contributed by atoms with E-state index in [0.29, 0.717) is 12.3 Å². The van der Waals surface area contributed by atoms with Gasteiger partial charge in [0.05, 0.1) is 12.3 Å². The highest BCUT2D eigenvalue weighted by Crippen LogP contribution is 2.39. The van der Waals surface area contributed by atoms with Crippen LogP contribution >= 0.6 is 0 Å². The van der Waals surface area contributed by atoms with Gasteiger partial charge in [0.15, 0.2) is 5.69 Å². The van der Waals surface area contributed by atoms with Crippen LogP contribution in [-0.4, -0.2) is 22.8 Å². The van der Waals surface area contributed by atoms with E-state index < -0.39 is 0 Å². The summed E-state index contributed by atoms with van der Waals surface area (Å²) in [6, 6.07) is 18.5. The summed E-state index contributed by atoms with van der Waals surface area (Å²) in [4.78, 5) is 12.4. The van der Waals surface area contributed by atoms with Crippen LogP contribution in [0.4, 0.5) is 0 Å². The van der Waals surface area contributed by atoms with Crippen molar-refractivity contribution >= 4 is 5.97 Å². The molecule has 0 radical (unpaired) electrons. The third-order valence-corrected chi connectivity index (χ3v) is 4.77. The van der Waals surface area contributed by atoms with Crippen molar-refractivity contribution in [2.75, 3.05) is 6.61 Å². The number of rotatable bonds is 4. The molecule has 1 N–H and O–H groups in total. The Labute approximate surface area is 146 Å². The maximum absolute atomic E-state index is 12.4. The normalized spacial score (nSPS) is 13.6. The van der Waals surface area contributed by atoms with Crippen LogP contribution in [0.5, 0.6) is 0 Å². The van der Waals surface area contributed by atoms with Gasteiger partial charge in [-0.25, -0.2) is 4.79 Å². The van der Waals surface area contributed by atoms with Gasteiger partial charge in [0, 0.05) is 11.5 Å². The lowest BCUT2D eigenvalue weighted by Gasteiger charge is -2.10. The van der Waals surface area contributed by atoms with Gasteiger partial charge in [-0.15, -0.1) is 0 Å². The number of ether oxygens (including phenoxy) is 1. The van der Waals surface area contributed by atoms with E-state index in [1.807, 2.05) is 37.3 Å². The predicted octanol–water partition coefficient (Wildman–Crippen LogP) is 4.14. The summed E-state index contributed by atoms with van der Waals surface area (Å²) in [6.45, 7) is 2.15. The van der Waals surface area contributed by atoms with Crippen LogP contribution in [0, 0.1) is 0 Å². The maximum atomic E-state index is 12.4. The van der Waals surface area contributed by atoms with Gasteiger partial charge in [-0.05, 0) is 36.5 Å². The molecule has 4 rings (SSSR count). The van der Waals surface area contributed by atoms with Crippen LogP contribution < -0.4 is 0 Å². The van der Waals surface area contributed by atoms with Crippen LogP contribution in [0.2, 0.25) is 0 Å². The molecule has 126 valence electrons. The third kappa shape index (κ3) is 2.84. The number of esters is 1. The van der Waals surface area contributed by atoms with Crippen LogP contribution in [0.1, 0.15) is 40.2 Å². The highest BCUT2D eigenvalue weighted by atomic mass is 16.5. The highest BCUT2D eigenvalue weighted by Gasteiger charge is 2.30. The van der Waals surface area contributed by atoms with Crippen molar-refractivity contribution in [3.8, 4) is 11.1 Å². The fourth-order valence-corrected chi connectivity index (χ4v) is 3.65. The van der Waals surface area contributed by atoms with Gasteiger partial charge >= 0.3 is 5.97 Å². The Morgan fingerprint density at radius 2 is 1.72 bits per heavy atom. The molecule has 4 heteroatoms. The first-order valence-corrected chi connectivity index (χ1v) is 8.65. The Balaban J connectivity index is 1.77. The van der Waals surface area contributed by atoms with Gasteiger partial charge < -0.3 is 4.74 Å². The zero-order valence-corrected chi connectivity index (χ0v) is 14.2. The molecule has 0 aliphatic heterocycles. The third-order valence-electron chi connectivity index (χ3n) is 4.77. The average molecular weight is 332 g/mol. The van der Waals surface area contributed by atoms with Crippen molar-refractivity contribution in [3.63, 3.8) is 0 Å². The van der Waals surface area contributed by atoms with Crippen LogP contribution in [0.25, 0.3) is 11.1 Å². The minimum Gasteiger partial charge on any atom is -0.461 e. The lowest BCUT2D eigenvalue weighted by atomic mass is 9.93. The molecule has 25 heavy (non-hydrogen) atoms. The molecule has 3 aromatic rings. The Bertz CT molecular complexity index is 874. The molecule has 1 heterocycles. The average Bonchev–Trinajstić information content (AvgIpc) is 3.26. The number of aromatic nitrogens is 2. The second kappa shape index (κ2) is 6.55. The smallest absolute Gasteiger partial charge is 0.356 e. The fraction of sp³-hybridized carbons (Fsp3) is 0.238. The van der Waals surface area contributed by atoms with E-state index in [4.69, 9.17) is 4.74 Å². The number of benzene rings is 2. The summed E-state index contributed by atoms with van der Waals surface area (Å²) >= 11 is 0. The topological polar surface area (TPSA) is 55.0 Å². The van der Waals surface area contributed by atoms with E-state index in [1.165, 1.54) is 11.1 Å².